The summed E-state index contributed by atoms with van der Waals surface area (Å²) in [6, 6.07) is 0. The van der Waals surface area contributed by atoms with Crippen molar-refractivity contribution in [2.24, 2.45) is 5.92 Å². The van der Waals surface area contributed by atoms with Crippen molar-refractivity contribution in [2.45, 2.75) is 38.7 Å². The number of carboxylic acid groups (broad SMARTS) is 1. The van der Waals surface area contributed by atoms with E-state index in [2.05, 4.69) is 0 Å². The van der Waals surface area contributed by atoms with E-state index in [0.717, 1.165) is 12.8 Å². The smallest absolute Gasteiger partial charge is 0.306 e. The highest BCUT2D eigenvalue weighted by atomic mass is 16.5. The molecule has 74 valence electrons. The van der Waals surface area contributed by atoms with Crippen molar-refractivity contribution in [2.75, 3.05) is 0 Å². The molecule has 0 bridgehead atoms. The van der Waals surface area contributed by atoms with Gasteiger partial charge in [0.1, 0.15) is 6.10 Å². The highest BCUT2D eigenvalue weighted by molar-refractivity contribution is 5.70. The Hall–Kier alpha value is -1.06. The molecule has 0 radical (unpaired) electrons. The number of carboxylic acids is 1. The summed E-state index contributed by atoms with van der Waals surface area (Å²) in [6.45, 7) is 1.35. The van der Waals surface area contributed by atoms with E-state index in [1.54, 1.807) is 0 Å². The molecule has 0 unspecified atom stereocenters. The van der Waals surface area contributed by atoms with Crippen molar-refractivity contribution in [1.82, 2.24) is 0 Å². The fraction of sp³-hybridized carbons (Fsp3) is 0.778. The van der Waals surface area contributed by atoms with E-state index >= 15 is 0 Å². The van der Waals surface area contributed by atoms with Gasteiger partial charge in [-0.25, -0.2) is 0 Å². The summed E-state index contributed by atoms with van der Waals surface area (Å²) in [5.74, 6) is -1.44. The van der Waals surface area contributed by atoms with Crippen LogP contribution in [-0.2, 0) is 14.3 Å². The van der Waals surface area contributed by atoms with E-state index in [4.69, 9.17) is 9.84 Å². The van der Waals surface area contributed by atoms with E-state index in [9.17, 15) is 9.59 Å². The number of esters is 1. The van der Waals surface area contributed by atoms with Crippen LogP contribution in [-0.4, -0.2) is 23.1 Å². The molecule has 1 fully saturated rings. The van der Waals surface area contributed by atoms with Crippen molar-refractivity contribution < 1.29 is 19.4 Å². The third kappa shape index (κ3) is 3.05. The predicted octanol–water partition coefficient (Wildman–Crippen LogP) is 1.19. The van der Waals surface area contributed by atoms with Crippen LogP contribution in [0, 0.1) is 5.92 Å². The predicted molar refractivity (Wildman–Crippen MR) is 45.1 cm³/mol. The molecule has 1 aliphatic carbocycles. The lowest BCUT2D eigenvalue weighted by molar-refractivity contribution is -0.153. The maximum absolute atomic E-state index is 10.6. The highest BCUT2D eigenvalue weighted by Gasteiger charge is 2.28. The van der Waals surface area contributed by atoms with Gasteiger partial charge in [0.25, 0.3) is 0 Å². The fourth-order valence-corrected chi connectivity index (χ4v) is 1.71. The molecule has 0 amide bonds. The lowest BCUT2D eigenvalue weighted by Crippen LogP contribution is -2.28. The molecule has 0 aromatic carbocycles. The maximum Gasteiger partial charge on any atom is 0.306 e. The Bertz CT molecular complexity index is 212. The van der Waals surface area contributed by atoms with Gasteiger partial charge in [-0.2, -0.15) is 0 Å². The average Bonchev–Trinajstić information content (AvgIpc) is 2.03. The molecule has 0 saturated heterocycles. The number of rotatable bonds is 2. The lowest BCUT2D eigenvalue weighted by atomic mass is 9.87. The molecule has 1 rings (SSSR count). The van der Waals surface area contributed by atoms with Crippen molar-refractivity contribution in [3.8, 4) is 0 Å². The third-order valence-electron chi connectivity index (χ3n) is 2.31. The van der Waals surface area contributed by atoms with E-state index in [0.29, 0.717) is 12.8 Å². The molecule has 0 heterocycles. The molecule has 0 aromatic heterocycles. The molecule has 1 saturated carbocycles. The zero-order valence-electron chi connectivity index (χ0n) is 7.66. The third-order valence-corrected chi connectivity index (χ3v) is 2.31. The van der Waals surface area contributed by atoms with E-state index in [1.807, 2.05) is 0 Å². The van der Waals surface area contributed by atoms with Crippen molar-refractivity contribution >= 4 is 11.9 Å². The van der Waals surface area contributed by atoms with Gasteiger partial charge in [-0.05, 0) is 25.7 Å². The summed E-state index contributed by atoms with van der Waals surface area (Å²) in [5.41, 5.74) is 0. The summed E-state index contributed by atoms with van der Waals surface area (Å²) in [6.07, 6.45) is 2.60. The average molecular weight is 186 g/mol. The van der Waals surface area contributed by atoms with Crippen molar-refractivity contribution in [3.05, 3.63) is 0 Å². The van der Waals surface area contributed by atoms with Gasteiger partial charge in [-0.3, -0.25) is 9.59 Å². The summed E-state index contributed by atoms with van der Waals surface area (Å²) in [4.78, 5) is 21.3. The minimum absolute atomic E-state index is 0.188. The molecule has 0 aromatic rings. The zero-order valence-corrected chi connectivity index (χ0v) is 7.66. The topological polar surface area (TPSA) is 63.6 Å². The number of carbonyl (C=O) groups is 2. The molecular formula is C9H14O4. The standard InChI is InChI=1S/C9H14O4/c1-6(10)13-8-4-2-3-7(5-8)9(11)12/h7-8H,2-5H2,1H3,(H,11,12)/t7-,8+/m1/s1. The Labute approximate surface area is 76.9 Å². The normalized spacial score (nSPS) is 28.1. The first-order chi connectivity index (χ1) is 6.09. The molecule has 13 heavy (non-hydrogen) atoms. The van der Waals surface area contributed by atoms with Crippen LogP contribution in [0.2, 0.25) is 0 Å². The number of aliphatic carboxylic acids is 1. The van der Waals surface area contributed by atoms with Crippen LogP contribution in [0.25, 0.3) is 0 Å². The number of hydrogen-bond acceptors (Lipinski definition) is 3. The van der Waals surface area contributed by atoms with Crippen LogP contribution in [0.1, 0.15) is 32.6 Å². The summed E-state index contributed by atoms with van der Waals surface area (Å²) in [7, 11) is 0. The Kier molecular flexibility index (Phi) is 3.28. The first-order valence-electron chi connectivity index (χ1n) is 4.49. The van der Waals surface area contributed by atoms with Crippen LogP contribution in [0.15, 0.2) is 0 Å². The summed E-state index contributed by atoms with van der Waals surface area (Å²) >= 11 is 0. The van der Waals surface area contributed by atoms with Crippen LogP contribution in [0.5, 0.6) is 0 Å². The quantitative estimate of drug-likeness (QED) is 0.658. The summed E-state index contributed by atoms with van der Waals surface area (Å²) < 4.78 is 4.97. The maximum atomic E-state index is 10.6. The second kappa shape index (κ2) is 4.25. The minimum atomic E-state index is -0.781. The van der Waals surface area contributed by atoms with Crippen LogP contribution < -0.4 is 0 Å². The monoisotopic (exact) mass is 186 g/mol. The molecule has 0 spiro atoms. The fourth-order valence-electron chi connectivity index (χ4n) is 1.71. The largest absolute Gasteiger partial charge is 0.481 e. The van der Waals surface area contributed by atoms with Crippen LogP contribution in [0.3, 0.4) is 0 Å². The minimum Gasteiger partial charge on any atom is -0.481 e. The molecule has 4 heteroatoms. The van der Waals surface area contributed by atoms with Gasteiger partial charge in [0.05, 0.1) is 5.92 Å². The lowest BCUT2D eigenvalue weighted by Gasteiger charge is -2.25. The zero-order chi connectivity index (χ0) is 9.84. The van der Waals surface area contributed by atoms with Gasteiger partial charge in [-0.15, -0.1) is 0 Å². The van der Waals surface area contributed by atoms with Crippen molar-refractivity contribution in [1.29, 1.82) is 0 Å². The van der Waals surface area contributed by atoms with Gasteiger partial charge in [0, 0.05) is 6.92 Å². The van der Waals surface area contributed by atoms with Gasteiger partial charge in [-0.1, -0.05) is 0 Å². The first-order valence-corrected chi connectivity index (χ1v) is 4.49. The highest BCUT2D eigenvalue weighted by Crippen LogP contribution is 2.26. The molecule has 1 N–H and O–H groups in total. The van der Waals surface area contributed by atoms with Gasteiger partial charge >= 0.3 is 11.9 Å². The van der Waals surface area contributed by atoms with Gasteiger partial charge in [0.2, 0.25) is 0 Å². The van der Waals surface area contributed by atoms with Gasteiger partial charge < -0.3 is 9.84 Å². The van der Waals surface area contributed by atoms with E-state index in [-0.39, 0.29) is 18.0 Å². The van der Waals surface area contributed by atoms with Crippen molar-refractivity contribution in [3.63, 3.8) is 0 Å². The first kappa shape index (κ1) is 10.0. The number of carbonyl (C=O) groups excluding carboxylic acids is 1. The molecular weight excluding hydrogens is 172 g/mol. The molecule has 0 aliphatic heterocycles. The SMILES string of the molecule is CC(=O)O[C@H]1CCC[C@@H](C(=O)O)C1. The Morgan fingerprint density at radius 3 is 2.62 bits per heavy atom. The second-order valence-corrected chi connectivity index (χ2v) is 3.43. The molecule has 1 aliphatic rings. The molecule has 2 atom stereocenters. The van der Waals surface area contributed by atoms with E-state index < -0.39 is 5.97 Å². The number of ether oxygens (including phenoxy) is 1. The van der Waals surface area contributed by atoms with Gasteiger partial charge in [0.15, 0.2) is 0 Å². The summed E-state index contributed by atoms with van der Waals surface area (Å²) in [5, 5.41) is 8.75. The Morgan fingerprint density at radius 1 is 1.38 bits per heavy atom. The Morgan fingerprint density at radius 2 is 2.08 bits per heavy atom. The second-order valence-electron chi connectivity index (χ2n) is 3.43. The van der Waals surface area contributed by atoms with Crippen LogP contribution in [0.4, 0.5) is 0 Å². The Balaban J connectivity index is 2.41. The van der Waals surface area contributed by atoms with E-state index in [1.165, 1.54) is 6.92 Å². The molecule has 4 nitrogen and oxygen atoms in total. The number of hydrogen-bond donors (Lipinski definition) is 1. The van der Waals surface area contributed by atoms with Crippen LogP contribution >= 0.6 is 0 Å².